The molecule has 38 heavy (non-hydrogen) atoms. The number of nitrogens with one attached hydrogen (secondary N) is 3. The molecule has 0 bridgehead atoms. The molecule has 0 aliphatic rings. The maximum atomic E-state index is 11.8. The minimum Gasteiger partial charge on any atom is -0.491 e. The topological polar surface area (TPSA) is 75.5 Å². The highest BCUT2D eigenvalue weighted by Gasteiger charge is 2.14. The van der Waals surface area contributed by atoms with Gasteiger partial charge in [-0.15, -0.1) is 0 Å². The van der Waals surface area contributed by atoms with E-state index in [2.05, 4.69) is 69.8 Å². The van der Waals surface area contributed by atoms with Crippen LogP contribution in [0.2, 0.25) is 0 Å². The summed E-state index contributed by atoms with van der Waals surface area (Å²) >= 11 is 0. The van der Waals surface area contributed by atoms with E-state index in [9.17, 15) is 4.79 Å². The van der Waals surface area contributed by atoms with Crippen LogP contribution < -0.4 is 16.0 Å². The van der Waals surface area contributed by atoms with E-state index in [1.807, 2.05) is 0 Å². The maximum absolute atomic E-state index is 11.8. The second kappa shape index (κ2) is 20.3. The van der Waals surface area contributed by atoms with Gasteiger partial charge in [-0.05, 0) is 71.1 Å². The summed E-state index contributed by atoms with van der Waals surface area (Å²) in [5.74, 6) is 0.702. The molecule has 6 heteroatoms. The first-order valence-electron chi connectivity index (χ1n) is 14.5. The molecule has 1 heterocycles. The van der Waals surface area contributed by atoms with Gasteiger partial charge in [-0.25, -0.2) is 0 Å². The fourth-order valence-corrected chi connectivity index (χ4v) is 4.25. The van der Waals surface area contributed by atoms with Gasteiger partial charge >= 0.3 is 0 Å². The van der Waals surface area contributed by atoms with Crippen molar-refractivity contribution in [1.82, 2.24) is 10.6 Å². The molecule has 0 saturated heterocycles. The molecule has 0 aliphatic heterocycles. The maximum Gasteiger partial charge on any atom is 0.238 e. The van der Waals surface area contributed by atoms with Crippen LogP contribution in [0.25, 0.3) is 0 Å². The first kappa shape index (κ1) is 33.3. The lowest BCUT2D eigenvalue weighted by Gasteiger charge is -2.23. The van der Waals surface area contributed by atoms with E-state index in [0.29, 0.717) is 12.2 Å². The number of rotatable bonds is 22. The van der Waals surface area contributed by atoms with E-state index in [1.165, 1.54) is 37.5 Å². The molecule has 0 atom stereocenters. The fraction of sp³-hybridized carbons (Fsp3) is 0.594. The first-order valence-corrected chi connectivity index (χ1v) is 14.5. The average Bonchev–Trinajstić information content (AvgIpc) is 3.40. The van der Waals surface area contributed by atoms with Crippen molar-refractivity contribution in [2.45, 2.75) is 111 Å². The molecule has 1 rings (SSSR count). The normalized spacial score (nSPS) is 12.3. The molecule has 0 radical (unpaired) electrons. The number of ether oxygens (including phenoxy) is 1. The molecule has 1 amide bonds. The molecule has 214 valence electrons. The van der Waals surface area contributed by atoms with Gasteiger partial charge in [0.05, 0.1) is 24.6 Å². The monoisotopic (exact) mass is 527 g/mol. The Kier molecular flexibility index (Phi) is 17.8. The van der Waals surface area contributed by atoms with Crippen molar-refractivity contribution < 1.29 is 13.9 Å². The second-order valence-electron chi connectivity index (χ2n) is 10.0. The molecule has 0 unspecified atom stereocenters. The summed E-state index contributed by atoms with van der Waals surface area (Å²) in [6, 6.07) is 1.73. The van der Waals surface area contributed by atoms with Crippen molar-refractivity contribution in [2.24, 2.45) is 0 Å². The fourth-order valence-electron chi connectivity index (χ4n) is 4.25. The smallest absolute Gasteiger partial charge is 0.238 e. The zero-order valence-electron chi connectivity index (χ0n) is 24.7. The molecule has 1 aromatic heterocycles. The van der Waals surface area contributed by atoms with Gasteiger partial charge in [0.2, 0.25) is 5.91 Å². The van der Waals surface area contributed by atoms with Gasteiger partial charge in [0.15, 0.2) is 0 Å². The summed E-state index contributed by atoms with van der Waals surface area (Å²) in [4.78, 5) is 11.8. The van der Waals surface area contributed by atoms with Crippen LogP contribution in [0.5, 0.6) is 0 Å². The predicted molar refractivity (Wildman–Crippen MR) is 161 cm³/mol. The summed E-state index contributed by atoms with van der Waals surface area (Å²) in [6.45, 7) is 20.4. The molecule has 0 saturated carbocycles. The van der Waals surface area contributed by atoms with E-state index in [0.717, 1.165) is 74.2 Å². The molecule has 0 spiro atoms. The molecule has 1 aromatic rings. The van der Waals surface area contributed by atoms with Gasteiger partial charge in [-0.3, -0.25) is 4.79 Å². The Hall–Kier alpha value is -2.73. The second-order valence-corrected chi connectivity index (χ2v) is 10.0. The summed E-state index contributed by atoms with van der Waals surface area (Å²) in [7, 11) is 0. The molecule has 3 N–H and O–H groups in total. The molecule has 0 aliphatic carbocycles. The Bertz CT molecular complexity index is 878. The minimum absolute atomic E-state index is 0.0490. The van der Waals surface area contributed by atoms with Gasteiger partial charge < -0.3 is 25.1 Å². The van der Waals surface area contributed by atoms with E-state index in [1.54, 1.807) is 12.3 Å². The summed E-state index contributed by atoms with van der Waals surface area (Å²) < 4.78 is 11.2. The predicted octanol–water partition coefficient (Wildman–Crippen LogP) is 8.38. The Morgan fingerprint density at radius 1 is 1.05 bits per heavy atom. The van der Waals surface area contributed by atoms with Gasteiger partial charge in [-0.1, -0.05) is 71.6 Å². The van der Waals surface area contributed by atoms with E-state index in [4.69, 9.17) is 9.15 Å². The van der Waals surface area contributed by atoms with Crippen LogP contribution in [-0.2, 0) is 9.53 Å². The van der Waals surface area contributed by atoms with Crippen LogP contribution in [-0.4, -0.2) is 25.1 Å². The number of carbonyl (C=O) groups is 1. The van der Waals surface area contributed by atoms with E-state index < -0.39 is 0 Å². The first-order chi connectivity index (χ1) is 18.3. The van der Waals surface area contributed by atoms with Crippen LogP contribution in [0.1, 0.15) is 105 Å². The number of furan rings is 1. The molecule has 0 aromatic carbocycles. The number of hydrogen-bond acceptors (Lipinski definition) is 5. The number of unbranched alkanes of at least 4 members (excludes halogenated alkanes) is 5. The molecular weight excluding hydrogens is 474 g/mol. The highest BCUT2D eigenvalue weighted by atomic mass is 16.5. The highest BCUT2D eigenvalue weighted by molar-refractivity contribution is 5.91. The van der Waals surface area contributed by atoms with Crippen molar-refractivity contribution in [3.8, 4) is 0 Å². The Balaban J connectivity index is 2.29. The lowest BCUT2D eigenvalue weighted by Crippen LogP contribution is -2.28. The summed E-state index contributed by atoms with van der Waals surface area (Å²) in [5, 5.41) is 9.54. The van der Waals surface area contributed by atoms with Crippen LogP contribution in [0, 0.1) is 0 Å². The van der Waals surface area contributed by atoms with Gasteiger partial charge in [0.25, 0.3) is 0 Å². The van der Waals surface area contributed by atoms with Crippen molar-refractivity contribution >= 4 is 11.6 Å². The Labute approximate surface area is 232 Å². The number of hydrogen-bond donors (Lipinski definition) is 3. The number of allylic oxidation sites excluding steroid dienone is 4. The number of amides is 1. The highest BCUT2D eigenvalue weighted by Crippen LogP contribution is 2.24. The van der Waals surface area contributed by atoms with Crippen LogP contribution in [0.15, 0.2) is 70.5 Å². The van der Waals surface area contributed by atoms with Crippen molar-refractivity contribution in [3.63, 3.8) is 0 Å². The average molecular weight is 528 g/mol. The third-order valence-corrected chi connectivity index (χ3v) is 6.63. The van der Waals surface area contributed by atoms with Gasteiger partial charge in [0.1, 0.15) is 12.0 Å². The van der Waals surface area contributed by atoms with Gasteiger partial charge in [-0.2, -0.15) is 0 Å². The van der Waals surface area contributed by atoms with Crippen LogP contribution >= 0.6 is 0 Å². The zero-order chi connectivity index (χ0) is 28.2. The standard InChI is InChI=1S/C32H53N3O3/c1-8-17-30(18-9-2)38-28(7)27(6)32(25(4)10-3)34-26(5)19-15-13-11-12-14-16-21-33-23-31(36)35-29-20-22-37-24-29/h10,20,22,24,30,33-34H,5,7-9,11-19,21,23H2,1-4,6H3,(H,35,36)/b25-10-,32-27-. The van der Waals surface area contributed by atoms with Crippen molar-refractivity contribution in [3.05, 3.63) is 66.1 Å². The molecule has 0 fully saturated rings. The zero-order valence-corrected chi connectivity index (χ0v) is 24.7. The third-order valence-electron chi connectivity index (χ3n) is 6.63. The molecular formula is C32H53N3O3. The minimum atomic E-state index is -0.0490. The van der Waals surface area contributed by atoms with E-state index >= 15 is 0 Å². The summed E-state index contributed by atoms with van der Waals surface area (Å²) in [6.07, 6.45) is 17.7. The van der Waals surface area contributed by atoms with Crippen molar-refractivity contribution in [1.29, 1.82) is 0 Å². The summed E-state index contributed by atoms with van der Waals surface area (Å²) in [5.41, 5.74) is 5.00. The van der Waals surface area contributed by atoms with Crippen LogP contribution in [0.3, 0.4) is 0 Å². The Morgan fingerprint density at radius 3 is 2.32 bits per heavy atom. The van der Waals surface area contributed by atoms with E-state index in [-0.39, 0.29) is 12.0 Å². The number of anilines is 1. The van der Waals surface area contributed by atoms with Crippen LogP contribution in [0.4, 0.5) is 5.69 Å². The number of carbonyl (C=O) groups excluding carboxylic acids is 1. The largest absolute Gasteiger partial charge is 0.491 e. The van der Waals surface area contributed by atoms with Gasteiger partial charge in [0, 0.05) is 17.0 Å². The lowest BCUT2D eigenvalue weighted by molar-refractivity contribution is -0.115. The Morgan fingerprint density at radius 2 is 1.71 bits per heavy atom. The molecule has 6 nitrogen and oxygen atoms in total. The lowest BCUT2D eigenvalue weighted by atomic mass is 10.0. The SMILES string of the molecule is C=C(CCCCCCCCNCC(=O)Nc1ccoc1)NC(/C(C)=C\C)=C(/C)C(=C)OC(CCC)CCC. The quantitative estimate of drug-likeness (QED) is 0.0802. The third kappa shape index (κ3) is 14.3. The van der Waals surface area contributed by atoms with Crippen molar-refractivity contribution in [2.75, 3.05) is 18.4 Å².